The van der Waals surface area contributed by atoms with Gasteiger partial charge in [0.05, 0.1) is 5.41 Å². The summed E-state index contributed by atoms with van der Waals surface area (Å²) in [6, 6.07) is 35.8. The fourth-order valence-electron chi connectivity index (χ4n) is 4.01. The van der Waals surface area contributed by atoms with Crippen LogP contribution in [0.25, 0.3) is 0 Å². The second kappa shape index (κ2) is 7.36. The van der Waals surface area contributed by atoms with Crippen molar-refractivity contribution in [2.75, 3.05) is 0 Å². The van der Waals surface area contributed by atoms with E-state index >= 15 is 0 Å². The number of benzene rings is 4. The lowest BCUT2D eigenvalue weighted by Gasteiger charge is -2.37. The highest BCUT2D eigenvalue weighted by molar-refractivity contribution is 5.60. The van der Waals surface area contributed by atoms with E-state index < -0.39 is 5.41 Å². The molecular weight excluding hydrogens is 340 g/mol. The lowest BCUT2D eigenvalue weighted by molar-refractivity contribution is 0.475. The van der Waals surface area contributed by atoms with E-state index in [1.807, 2.05) is 12.1 Å². The molecule has 0 aliphatic carbocycles. The lowest BCUT2D eigenvalue weighted by atomic mass is 9.65. The first kappa shape index (κ1) is 18.1. The third kappa shape index (κ3) is 3.10. The topological polar surface area (TPSA) is 20.2 Å². The molecule has 0 aliphatic heterocycles. The Morgan fingerprint density at radius 1 is 0.464 bits per heavy atom. The lowest BCUT2D eigenvalue weighted by Crippen LogP contribution is -2.31. The van der Waals surface area contributed by atoms with Crippen molar-refractivity contribution in [3.8, 4) is 5.75 Å². The number of aryl methyl sites for hydroxylation is 2. The first-order chi connectivity index (χ1) is 13.6. The Kier molecular flexibility index (Phi) is 4.75. The number of phenolic OH excluding ortho intramolecular Hbond substituents is 1. The summed E-state index contributed by atoms with van der Waals surface area (Å²) in [5.74, 6) is 0.276. The van der Waals surface area contributed by atoms with E-state index in [1.54, 1.807) is 12.1 Å². The van der Waals surface area contributed by atoms with E-state index in [4.69, 9.17) is 0 Å². The van der Waals surface area contributed by atoms with Crippen LogP contribution in [0.15, 0.2) is 103 Å². The van der Waals surface area contributed by atoms with E-state index in [-0.39, 0.29) is 5.75 Å². The largest absolute Gasteiger partial charge is 0.508 e. The van der Waals surface area contributed by atoms with Crippen molar-refractivity contribution in [1.82, 2.24) is 0 Å². The second-order valence-corrected chi connectivity index (χ2v) is 7.39. The van der Waals surface area contributed by atoms with Crippen molar-refractivity contribution in [2.24, 2.45) is 0 Å². The van der Waals surface area contributed by atoms with Gasteiger partial charge >= 0.3 is 0 Å². The molecule has 0 saturated heterocycles. The monoisotopic (exact) mass is 364 g/mol. The normalized spacial score (nSPS) is 11.4. The molecule has 0 saturated carbocycles. The third-order valence-electron chi connectivity index (χ3n) is 5.48. The molecule has 4 rings (SSSR count). The van der Waals surface area contributed by atoms with Crippen LogP contribution in [-0.4, -0.2) is 5.11 Å². The van der Waals surface area contributed by atoms with Crippen molar-refractivity contribution >= 4 is 0 Å². The predicted octanol–water partition coefficient (Wildman–Crippen LogP) is 6.39. The van der Waals surface area contributed by atoms with Gasteiger partial charge in [0.1, 0.15) is 5.75 Å². The van der Waals surface area contributed by atoms with Gasteiger partial charge in [-0.1, -0.05) is 102 Å². The number of phenols is 1. The molecule has 0 aliphatic rings. The van der Waals surface area contributed by atoms with E-state index in [9.17, 15) is 5.11 Å². The third-order valence-corrected chi connectivity index (χ3v) is 5.48. The molecule has 4 aromatic rings. The Labute approximate surface area is 166 Å². The Morgan fingerprint density at radius 3 is 1.25 bits per heavy atom. The predicted molar refractivity (Wildman–Crippen MR) is 116 cm³/mol. The molecule has 1 nitrogen and oxygen atoms in total. The maximum atomic E-state index is 9.91. The first-order valence-electron chi connectivity index (χ1n) is 9.60. The molecular formula is C27H24O. The molecule has 0 radical (unpaired) electrons. The van der Waals surface area contributed by atoms with Crippen molar-refractivity contribution in [3.63, 3.8) is 0 Å². The summed E-state index contributed by atoms with van der Waals surface area (Å²) in [5, 5.41) is 9.91. The fraction of sp³-hybridized carbons (Fsp3) is 0.111. The summed E-state index contributed by atoms with van der Waals surface area (Å²) in [4.78, 5) is 0. The minimum atomic E-state index is -0.462. The molecule has 0 bridgehead atoms. The van der Waals surface area contributed by atoms with E-state index in [0.717, 1.165) is 5.56 Å². The number of hydrogen-bond donors (Lipinski definition) is 1. The minimum absolute atomic E-state index is 0.276. The minimum Gasteiger partial charge on any atom is -0.508 e. The summed E-state index contributed by atoms with van der Waals surface area (Å²) in [5.41, 5.74) is 6.76. The van der Waals surface area contributed by atoms with Crippen LogP contribution in [0.4, 0.5) is 0 Å². The van der Waals surface area contributed by atoms with Gasteiger partial charge < -0.3 is 5.11 Å². The van der Waals surface area contributed by atoms with Gasteiger partial charge in [-0.3, -0.25) is 0 Å². The molecule has 0 amide bonds. The van der Waals surface area contributed by atoms with Crippen LogP contribution in [0.2, 0.25) is 0 Å². The smallest absolute Gasteiger partial charge is 0.115 e. The number of rotatable bonds is 4. The van der Waals surface area contributed by atoms with Crippen molar-refractivity contribution in [2.45, 2.75) is 19.3 Å². The molecule has 1 heteroatoms. The molecule has 0 unspecified atom stereocenters. The van der Waals surface area contributed by atoms with Crippen molar-refractivity contribution in [1.29, 1.82) is 0 Å². The molecule has 0 spiro atoms. The van der Waals surface area contributed by atoms with Crippen molar-refractivity contribution in [3.05, 3.63) is 137 Å². The van der Waals surface area contributed by atoms with Crippen LogP contribution in [-0.2, 0) is 5.41 Å². The molecule has 0 atom stereocenters. The Balaban J connectivity index is 2.11. The highest BCUT2D eigenvalue weighted by Gasteiger charge is 2.38. The molecule has 0 fully saturated rings. The van der Waals surface area contributed by atoms with E-state index in [2.05, 4.69) is 92.7 Å². The average molecular weight is 364 g/mol. The van der Waals surface area contributed by atoms with Gasteiger partial charge in [0.15, 0.2) is 0 Å². The molecule has 4 aromatic carbocycles. The second-order valence-electron chi connectivity index (χ2n) is 7.39. The summed E-state index contributed by atoms with van der Waals surface area (Å²) in [6.45, 7) is 4.22. The van der Waals surface area contributed by atoms with Crippen LogP contribution >= 0.6 is 0 Å². The summed E-state index contributed by atoms with van der Waals surface area (Å²) in [7, 11) is 0. The van der Waals surface area contributed by atoms with Crippen molar-refractivity contribution < 1.29 is 5.11 Å². The Morgan fingerprint density at radius 2 is 0.821 bits per heavy atom. The fourth-order valence-corrected chi connectivity index (χ4v) is 4.01. The number of hydrogen-bond acceptors (Lipinski definition) is 1. The van der Waals surface area contributed by atoms with Crippen LogP contribution in [0.1, 0.15) is 33.4 Å². The average Bonchev–Trinajstić information content (AvgIpc) is 2.73. The molecule has 28 heavy (non-hydrogen) atoms. The van der Waals surface area contributed by atoms with Crippen LogP contribution in [0, 0.1) is 13.8 Å². The molecule has 1 N–H and O–H groups in total. The van der Waals surface area contributed by atoms with Crippen LogP contribution < -0.4 is 0 Å². The van der Waals surface area contributed by atoms with Gasteiger partial charge in [0, 0.05) is 0 Å². The standard InChI is InChI=1S/C27H24O/c1-20-8-12-23(13-9-20)27(22-6-4-3-5-7-22,24-14-10-21(2)11-15-24)25-16-18-26(28)19-17-25/h3-19,28H,1-2H3. The summed E-state index contributed by atoms with van der Waals surface area (Å²) in [6.07, 6.45) is 0. The van der Waals surface area contributed by atoms with Crippen LogP contribution in [0.3, 0.4) is 0 Å². The Bertz CT molecular complexity index is 933. The highest BCUT2D eigenvalue weighted by Crippen LogP contribution is 2.45. The maximum absolute atomic E-state index is 9.91. The molecule has 0 aromatic heterocycles. The zero-order valence-corrected chi connectivity index (χ0v) is 16.3. The molecule has 138 valence electrons. The maximum Gasteiger partial charge on any atom is 0.115 e. The van der Waals surface area contributed by atoms with Gasteiger partial charge in [-0.2, -0.15) is 0 Å². The number of aromatic hydroxyl groups is 1. The summed E-state index contributed by atoms with van der Waals surface area (Å²) < 4.78 is 0. The van der Waals surface area contributed by atoms with Gasteiger partial charge in [-0.05, 0) is 48.2 Å². The van der Waals surface area contributed by atoms with Crippen LogP contribution in [0.5, 0.6) is 5.75 Å². The quantitative estimate of drug-likeness (QED) is 0.416. The SMILES string of the molecule is Cc1ccc(C(c2ccccc2)(c2ccc(C)cc2)c2ccc(O)cc2)cc1. The summed E-state index contributed by atoms with van der Waals surface area (Å²) >= 11 is 0. The van der Waals surface area contributed by atoms with E-state index in [1.165, 1.54) is 27.8 Å². The van der Waals surface area contributed by atoms with Gasteiger partial charge in [0.2, 0.25) is 0 Å². The zero-order chi connectivity index (χ0) is 19.6. The Hall–Kier alpha value is -3.32. The van der Waals surface area contributed by atoms with Gasteiger partial charge in [-0.25, -0.2) is 0 Å². The highest BCUT2D eigenvalue weighted by atomic mass is 16.3. The van der Waals surface area contributed by atoms with E-state index in [0.29, 0.717) is 0 Å². The molecule has 0 heterocycles. The van der Waals surface area contributed by atoms with Gasteiger partial charge in [0.25, 0.3) is 0 Å². The zero-order valence-electron chi connectivity index (χ0n) is 16.3. The van der Waals surface area contributed by atoms with Gasteiger partial charge in [-0.15, -0.1) is 0 Å². The first-order valence-corrected chi connectivity index (χ1v) is 9.60.